The average Bonchev–Trinajstić information content (AvgIpc) is 3.35. The number of nitrogens with one attached hydrogen (secondary N) is 1. The third kappa shape index (κ3) is 3.15. The first-order valence-electron chi connectivity index (χ1n) is 7.70. The van der Waals surface area contributed by atoms with Gasteiger partial charge in [0.15, 0.2) is 5.01 Å². The van der Waals surface area contributed by atoms with Crippen molar-refractivity contribution in [2.75, 3.05) is 0 Å². The van der Waals surface area contributed by atoms with Gasteiger partial charge in [-0.25, -0.2) is 4.98 Å². The van der Waals surface area contributed by atoms with Crippen molar-refractivity contribution in [3.63, 3.8) is 0 Å². The van der Waals surface area contributed by atoms with Crippen LogP contribution in [0, 0.1) is 11.8 Å². The van der Waals surface area contributed by atoms with E-state index in [2.05, 4.69) is 42.8 Å². The van der Waals surface area contributed by atoms with Crippen LogP contribution in [-0.2, 0) is 0 Å². The van der Waals surface area contributed by atoms with Gasteiger partial charge in [-0.05, 0) is 36.1 Å². The van der Waals surface area contributed by atoms with Crippen LogP contribution in [-0.4, -0.2) is 25.6 Å². The summed E-state index contributed by atoms with van der Waals surface area (Å²) in [5.74, 6) is 7.57. The van der Waals surface area contributed by atoms with Gasteiger partial charge in [-0.15, -0.1) is 21.5 Å². The Morgan fingerprint density at radius 3 is 2.91 bits per heavy atom. The van der Waals surface area contributed by atoms with Crippen molar-refractivity contribution < 1.29 is 0 Å². The number of nitrogens with zero attached hydrogens (tertiary/aromatic N) is 4. The number of aromatic nitrogens is 5. The molecule has 0 atom stereocenters. The van der Waals surface area contributed by atoms with Gasteiger partial charge in [-0.1, -0.05) is 30.9 Å². The van der Waals surface area contributed by atoms with Crippen LogP contribution in [0.5, 0.6) is 0 Å². The summed E-state index contributed by atoms with van der Waals surface area (Å²) < 4.78 is 0. The van der Waals surface area contributed by atoms with E-state index in [-0.39, 0.29) is 0 Å². The van der Waals surface area contributed by atoms with Crippen molar-refractivity contribution in [1.29, 1.82) is 0 Å². The first kappa shape index (κ1) is 14.1. The van der Waals surface area contributed by atoms with Gasteiger partial charge >= 0.3 is 0 Å². The van der Waals surface area contributed by atoms with Crippen molar-refractivity contribution in [1.82, 2.24) is 25.6 Å². The van der Waals surface area contributed by atoms with Crippen molar-refractivity contribution in [3.8, 4) is 23.2 Å². The van der Waals surface area contributed by atoms with Crippen LogP contribution < -0.4 is 0 Å². The molecule has 1 fully saturated rings. The van der Waals surface area contributed by atoms with E-state index in [0.29, 0.717) is 11.7 Å². The lowest BCUT2D eigenvalue weighted by atomic mass is 10.1. The standard InChI is InChI=1S/C17H15N5S/c1-2-6-13(5-1)15-11-23-16(18-15)9-8-12-4-3-7-14(10-12)17-19-21-22-20-17/h3-4,7,10-11,13H,1-2,5-6H2,(H,19,20,21,22). The molecule has 0 unspecified atom stereocenters. The van der Waals surface area contributed by atoms with E-state index >= 15 is 0 Å². The lowest BCUT2D eigenvalue weighted by molar-refractivity contribution is 0.702. The summed E-state index contributed by atoms with van der Waals surface area (Å²) in [6.45, 7) is 0. The summed E-state index contributed by atoms with van der Waals surface area (Å²) in [6.07, 6.45) is 5.19. The van der Waals surface area contributed by atoms with Gasteiger partial charge in [0.05, 0.1) is 5.69 Å². The largest absolute Gasteiger partial charge is 0.232 e. The third-order valence-electron chi connectivity index (χ3n) is 4.08. The number of H-pyrrole nitrogens is 1. The Balaban J connectivity index is 1.55. The van der Waals surface area contributed by atoms with Gasteiger partial charge in [0.25, 0.3) is 0 Å². The molecule has 0 aliphatic heterocycles. The molecule has 0 spiro atoms. The minimum Gasteiger partial charge on any atom is -0.232 e. The molecule has 0 amide bonds. The molecule has 2 aromatic heterocycles. The predicted octanol–water partition coefficient (Wildman–Crippen LogP) is 3.38. The molecule has 6 heteroatoms. The zero-order valence-corrected chi connectivity index (χ0v) is 13.3. The molecule has 23 heavy (non-hydrogen) atoms. The zero-order chi connectivity index (χ0) is 15.5. The molecule has 2 heterocycles. The highest BCUT2D eigenvalue weighted by Crippen LogP contribution is 2.34. The first-order valence-corrected chi connectivity index (χ1v) is 8.58. The van der Waals surface area contributed by atoms with E-state index in [1.807, 2.05) is 24.3 Å². The number of thiazole rings is 1. The van der Waals surface area contributed by atoms with Crippen LogP contribution in [0.3, 0.4) is 0 Å². The van der Waals surface area contributed by atoms with E-state index < -0.39 is 0 Å². The van der Waals surface area contributed by atoms with Crippen LogP contribution in [0.2, 0.25) is 0 Å². The lowest BCUT2D eigenvalue weighted by Crippen LogP contribution is -1.91. The highest BCUT2D eigenvalue weighted by Gasteiger charge is 2.19. The minimum atomic E-state index is 0.575. The number of aromatic amines is 1. The fourth-order valence-corrected chi connectivity index (χ4v) is 3.64. The van der Waals surface area contributed by atoms with Crippen molar-refractivity contribution in [3.05, 3.63) is 45.9 Å². The molecule has 1 saturated carbocycles. The summed E-state index contributed by atoms with van der Waals surface area (Å²) in [4.78, 5) is 4.68. The summed E-state index contributed by atoms with van der Waals surface area (Å²) in [5, 5.41) is 17.1. The number of rotatable bonds is 2. The van der Waals surface area contributed by atoms with Gasteiger partial charge < -0.3 is 0 Å². The maximum atomic E-state index is 4.68. The Morgan fingerprint density at radius 2 is 2.09 bits per heavy atom. The SMILES string of the molecule is C(#Cc1nc(C2CCCC2)cs1)c1cccc(-c2nn[nH]n2)c1. The minimum absolute atomic E-state index is 0.575. The van der Waals surface area contributed by atoms with Gasteiger partial charge in [0, 0.05) is 22.4 Å². The zero-order valence-electron chi connectivity index (χ0n) is 12.5. The Morgan fingerprint density at radius 1 is 1.17 bits per heavy atom. The molecule has 5 nitrogen and oxygen atoms in total. The molecule has 1 aromatic carbocycles. The Bertz CT molecular complexity index is 850. The molecule has 4 rings (SSSR count). The Hall–Kier alpha value is -2.52. The van der Waals surface area contributed by atoms with E-state index in [0.717, 1.165) is 16.1 Å². The van der Waals surface area contributed by atoms with Crippen LogP contribution >= 0.6 is 11.3 Å². The Labute approximate surface area is 138 Å². The monoisotopic (exact) mass is 321 g/mol. The fraction of sp³-hybridized carbons (Fsp3) is 0.294. The molecule has 0 bridgehead atoms. The summed E-state index contributed by atoms with van der Waals surface area (Å²) in [5.41, 5.74) is 3.04. The van der Waals surface area contributed by atoms with Gasteiger partial charge in [-0.3, -0.25) is 0 Å². The van der Waals surface area contributed by atoms with E-state index in [4.69, 9.17) is 0 Å². The maximum absolute atomic E-state index is 4.68. The number of hydrogen-bond donors (Lipinski definition) is 1. The van der Waals surface area contributed by atoms with Crippen LogP contribution in [0.15, 0.2) is 29.6 Å². The summed E-state index contributed by atoms with van der Waals surface area (Å²) >= 11 is 1.63. The topological polar surface area (TPSA) is 67.3 Å². The Kier molecular flexibility index (Phi) is 3.86. The smallest absolute Gasteiger partial charge is 0.204 e. The highest BCUT2D eigenvalue weighted by molar-refractivity contribution is 7.10. The second kappa shape index (κ2) is 6.31. The lowest BCUT2D eigenvalue weighted by Gasteiger charge is -2.02. The molecule has 0 radical (unpaired) electrons. The van der Waals surface area contributed by atoms with Crippen molar-refractivity contribution in [2.24, 2.45) is 0 Å². The second-order valence-corrected chi connectivity index (χ2v) is 6.48. The van der Waals surface area contributed by atoms with Gasteiger partial charge in [0.2, 0.25) is 5.82 Å². The molecule has 1 N–H and O–H groups in total. The first-order chi connectivity index (χ1) is 11.4. The molecule has 1 aliphatic carbocycles. The third-order valence-corrected chi connectivity index (χ3v) is 4.85. The molecular weight excluding hydrogens is 306 g/mol. The van der Waals surface area contributed by atoms with Crippen LogP contribution in [0.25, 0.3) is 11.4 Å². The predicted molar refractivity (Wildman–Crippen MR) is 88.9 cm³/mol. The number of benzene rings is 1. The second-order valence-electron chi connectivity index (χ2n) is 5.63. The summed E-state index contributed by atoms with van der Waals surface area (Å²) in [6, 6.07) is 7.82. The van der Waals surface area contributed by atoms with Crippen molar-refractivity contribution in [2.45, 2.75) is 31.6 Å². The van der Waals surface area contributed by atoms with E-state index in [1.165, 1.54) is 31.4 Å². The van der Waals surface area contributed by atoms with E-state index in [9.17, 15) is 0 Å². The molecule has 0 saturated heterocycles. The molecule has 3 aromatic rings. The van der Waals surface area contributed by atoms with Gasteiger partial charge in [0.1, 0.15) is 0 Å². The maximum Gasteiger partial charge on any atom is 0.204 e. The number of hydrogen-bond acceptors (Lipinski definition) is 5. The fourth-order valence-electron chi connectivity index (χ4n) is 2.90. The molecule has 1 aliphatic rings. The average molecular weight is 321 g/mol. The molecule has 114 valence electrons. The van der Waals surface area contributed by atoms with Crippen molar-refractivity contribution >= 4 is 11.3 Å². The van der Waals surface area contributed by atoms with Crippen LogP contribution in [0.4, 0.5) is 0 Å². The van der Waals surface area contributed by atoms with E-state index in [1.54, 1.807) is 11.3 Å². The number of tetrazole rings is 1. The normalized spacial score (nSPS) is 14.6. The highest BCUT2D eigenvalue weighted by atomic mass is 32.1. The molecular formula is C17H15N5S. The van der Waals surface area contributed by atoms with Crippen LogP contribution in [0.1, 0.15) is 47.9 Å². The van der Waals surface area contributed by atoms with Gasteiger partial charge in [-0.2, -0.15) is 5.21 Å². The summed E-state index contributed by atoms with van der Waals surface area (Å²) in [7, 11) is 0. The quantitative estimate of drug-likeness (QED) is 0.735.